The first kappa shape index (κ1) is 15.7. The zero-order valence-electron chi connectivity index (χ0n) is 11.7. The van der Waals surface area contributed by atoms with Gasteiger partial charge in [0, 0.05) is 6.54 Å². The molecule has 4 N–H and O–H groups in total. The minimum atomic E-state index is -3.93. The Hall–Kier alpha value is -1.67. The molecule has 0 aromatic heterocycles. The molecular weight excluding hydrogens is 297 g/mol. The molecule has 1 aromatic rings. The number of benzene rings is 1. The highest BCUT2D eigenvalue weighted by Gasteiger charge is 2.36. The maximum atomic E-state index is 13.5. The lowest BCUT2D eigenvalue weighted by molar-refractivity contribution is -0.122. The van der Waals surface area contributed by atoms with Crippen molar-refractivity contribution in [3.8, 4) is 0 Å². The van der Waals surface area contributed by atoms with Gasteiger partial charge in [-0.2, -0.15) is 4.31 Å². The van der Waals surface area contributed by atoms with Gasteiger partial charge in [-0.1, -0.05) is 6.42 Å². The lowest BCUT2D eigenvalue weighted by Gasteiger charge is -2.32. The Morgan fingerprint density at radius 1 is 1.38 bits per heavy atom. The van der Waals surface area contributed by atoms with Crippen LogP contribution in [0.25, 0.3) is 0 Å². The average molecular weight is 315 g/mol. The SMILES string of the molecule is Cc1cc(S(=O)(=O)N2CCCCC2C(N)=O)cc(N)c1F. The Morgan fingerprint density at radius 2 is 2.05 bits per heavy atom. The van der Waals surface area contributed by atoms with E-state index < -0.39 is 27.8 Å². The molecule has 1 saturated heterocycles. The Balaban J connectivity index is 2.48. The zero-order valence-corrected chi connectivity index (χ0v) is 12.5. The van der Waals surface area contributed by atoms with Gasteiger partial charge in [0.05, 0.1) is 10.6 Å². The molecule has 21 heavy (non-hydrogen) atoms. The number of aryl methyl sites for hydroxylation is 1. The fraction of sp³-hybridized carbons (Fsp3) is 0.462. The second kappa shape index (κ2) is 5.61. The number of nitrogens with zero attached hydrogens (tertiary/aromatic N) is 1. The van der Waals surface area contributed by atoms with Crippen molar-refractivity contribution in [3.63, 3.8) is 0 Å². The fourth-order valence-electron chi connectivity index (χ4n) is 2.52. The first-order valence-electron chi connectivity index (χ1n) is 6.62. The van der Waals surface area contributed by atoms with Gasteiger partial charge in [0.1, 0.15) is 11.9 Å². The largest absolute Gasteiger partial charge is 0.396 e. The number of hydrogen-bond donors (Lipinski definition) is 2. The Morgan fingerprint density at radius 3 is 2.62 bits per heavy atom. The molecule has 0 radical (unpaired) electrons. The molecule has 1 atom stereocenters. The highest BCUT2D eigenvalue weighted by Crippen LogP contribution is 2.28. The third-order valence-electron chi connectivity index (χ3n) is 3.64. The van der Waals surface area contributed by atoms with Crippen LogP contribution in [-0.4, -0.2) is 31.2 Å². The van der Waals surface area contributed by atoms with Crippen molar-refractivity contribution in [1.82, 2.24) is 4.31 Å². The van der Waals surface area contributed by atoms with Crippen LogP contribution in [0.4, 0.5) is 10.1 Å². The van der Waals surface area contributed by atoms with Crippen LogP contribution in [0.2, 0.25) is 0 Å². The second-order valence-electron chi connectivity index (χ2n) is 5.17. The molecule has 0 bridgehead atoms. The third-order valence-corrected chi connectivity index (χ3v) is 5.53. The average Bonchev–Trinajstić information content (AvgIpc) is 2.44. The molecule has 6 nitrogen and oxygen atoms in total. The van der Waals surface area contributed by atoms with Crippen molar-refractivity contribution >= 4 is 21.6 Å². The van der Waals surface area contributed by atoms with E-state index in [1.165, 1.54) is 13.0 Å². The van der Waals surface area contributed by atoms with Gasteiger partial charge in [-0.15, -0.1) is 0 Å². The number of amides is 1. The molecule has 2 rings (SSSR count). The van der Waals surface area contributed by atoms with Crippen LogP contribution in [0, 0.1) is 12.7 Å². The molecule has 1 amide bonds. The van der Waals surface area contributed by atoms with E-state index in [0.29, 0.717) is 12.8 Å². The summed E-state index contributed by atoms with van der Waals surface area (Å²) in [4.78, 5) is 11.3. The standard InChI is InChI=1S/C13H18FN3O3S/c1-8-6-9(7-10(15)12(8)14)21(19,20)17-5-3-2-4-11(17)13(16)18/h6-7,11H,2-5,15H2,1H3,(H2,16,18). The molecule has 1 aliphatic rings. The first-order chi connectivity index (χ1) is 9.75. The van der Waals surface area contributed by atoms with Crippen LogP contribution in [0.5, 0.6) is 0 Å². The molecule has 1 unspecified atom stereocenters. The molecule has 8 heteroatoms. The second-order valence-corrected chi connectivity index (χ2v) is 7.06. The number of hydrogen-bond acceptors (Lipinski definition) is 4. The maximum Gasteiger partial charge on any atom is 0.243 e. The quantitative estimate of drug-likeness (QED) is 0.802. The van der Waals surface area contributed by atoms with Gasteiger partial charge in [-0.3, -0.25) is 4.79 Å². The Labute approximate surface area is 123 Å². The van der Waals surface area contributed by atoms with Crippen molar-refractivity contribution in [2.75, 3.05) is 12.3 Å². The van der Waals surface area contributed by atoms with Crippen LogP contribution in [0.1, 0.15) is 24.8 Å². The van der Waals surface area contributed by atoms with E-state index in [1.54, 1.807) is 0 Å². The van der Waals surface area contributed by atoms with Crippen LogP contribution < -0.4 is 11.5 Å². The lowest BCUT2D eigenvalue weighted by atomic mass is 10.0. The van der Waals surface area contributed by atoms with E-state index in [1.807, 2.05) is 0 Å². The lowest BCUT2D eigenvalue weighted by Crippen LogP contribution is -2.50. The van der Waals surface area contributed by atoms with Crippen molar-refractivity contribution in [1.29, 1.82) is 0 Å². The Bertz CT molecular complexity index is 652. The summed E-state index contributed by atoms with van der Waals surface area (Å²) in [6.07, 6.45) is 1.78. The molecule has 116 valence electrons. The monoisotopic (exact) mass is 315 g/mol. The van der Waals surface area contributed by atoms with Gasteiger partial charge >= 0.3 is 0 Å². The number of anilines is 1. The number of carbonyl (C=O) groups excluding carboxylic acids is 1. The molecule has 1 heterocycles. The van der Waals surface area contributed by atoms with Crippen molar-refractivity contribution in [2.45, 2.75) is 37.1 Å². The van der Waals surface area contributed by atoms with Crippen LogP contribution in [0.3, 0.4) is 0 Å². The minimum absolute atomic E-state index is 0.118. The number of primary amides is 1. The van der Waals surface area contributed by atoms with E-state index in [2.05, 4.69) is 0 Å². The predicted molar refractivity (Wildman–Crippen MR) is 76.3 cm³/mol. The van der Waals surface area contributed by atoms with Crippen molar-refractivity contribution < 1.29 is 17.6 Å². The highest BCUT2D eigenvalue weighted by molar-refractivity contribution is 7.89. The number of piperidine rings is 1. The van der Waals surface area contributed by atoms with Gasteiger partial charge in [0.2, 0.25) is 15.9 Å². The molecule has 0 aliphatic carbocycles. The zero-order chi connectivity index (χ0) is 15.8. The van der Waals surface area contributed by atoms with Crippen LogP contribution >= 0.6 is 0 Å². The summed E-state index contributed by atoms with van der Waals surface area (Å²) in [5, 5.41) is 0. The van der Waals surface area contributed by atoms with Gasteiger partial charge in [-0.25, -0.2) is 12.8 Å². The fourth-order valence-corrected chi connectivity index (χ4v) is 4.31. The van der Waals surface area contributed by atoms with Crippen LogP contribution in [0.15, 0.2) is 17.0 Å². The summed E-state index contributed by atoms with van der Waals surface area (Å²) < 4.78 is 39.9. The molecule has 0 spiro atoms. The normalized spacial score (nSPS) is 20.4. The van der Waals surface area contributed by atoms with Crippen molar-refractivity contribution in [3.05, 3.63) is 23.5 Å². The number of nitrogens with two attached hydrogens (primary N) is 2. The minimum Gasteiger partial charge on any atom is -0.396 e. The third kappa shape index (κ3) is 2.86. The predicted octanol–water partition coefficient (Wildman–Crippen LogP) is 0.745. The summed E-state index contributed by atoms with van der Waals surface area (Å²) in [7, 11) is -3.93. The van der Waals surface area contributed by atoms with E-state index >= 15 is 0 Å². The topological polar surface area (TPSA) is 106 Å². The van der Waals surface area contributed by atoms with Gasteiger partial charge in [-0.05, 0) is 37.5 Å². The van der Waals surface area contributed by atoms with Gasteiger partial charge in [0.15, 0.2) is 0 Å². The highest BCUT2D eigenvalue weighted by atomic mass is 32.2. The number of sulfonamides is 1. The van der Waals surface area contributed by atoms with E-state index in [-0.39, 0.29) is 22.7 Å². The summed E-state index contributed by atoms with van der Waals surface area (Å²) in [6.45, 7) is 1.65. The maximum absolute atomic E-state index is 13.5. The number of halogens is 1. The first-order valence-corrected chi connectivity index (χ1v) is 8.06. The molecule has 1 fully saturated rings. The number of carbonyl (C=O) groups is 1. The van der Waals surface area contributed by atoms with Gasteiger partial charge < -0.3 is 11.5 Å². The van der Waals surface area contributed by atoms with E-state index in [0.717, 1.165) is 16.8 Å². The molecule has 1 aromatic carbocycles. The van der Waals surface area contributed by atoms with Crippen LogP contribution in [-0.2, 0) is 14.8 Å². The summed E-state index contributed by atoms with van der Waals surface area (Å²) in [5.74, 6) is -1.32. The molecule has 0 saturated carbocycles. The number of nitrogen functional groups attached to an aromatic ring is 1. The van der Waals surface area contributed by atoms with E-state index in [9.17, 15) is 17.6 Å². The molecular formula is C13H18FN3O3S. The summed E-state index contributed by atoms with van der Waals surface area (Å²) >= 11 is 0. The molecule has 1 aliphatic heterocycles. The summed E-state index contributed by atoms with van der Waals surface area (Å²) in [6, 6.07) is 1.42. The van der Waals surface area contributed by atoms with E-state index in [4.69, 9.17) is 11.5 Å². The van der Waals surface area contributed by atoms with Crippen molar-refractivity contribution in [2.24, 2.45) is 5.73 Å². The Kier molecular flexibility index (Phi) is 4.20. The number of rotatable bonds is 3. The van der Waals surface area contributed by atoms with Gasteiger partial charge in [0.25, 0.3) is 0 Å². The summed E-state index contributed by atoms with van der Waals surface area (Å²) in [5.41, 5.74) is 10.7. The smallest absolute Gasteiger partial charge is 0.243 e.